The molecule has 0 spiro atoms. The number of allylic oxidation sites excluding steroid dienone is 4. The van der Waals surface area contributed by atoms with E-state index in [1.54, 1.807) is 22.3 Å². The van der Waals surface area contributed by atoms with E-state index >= 15 is 0 Å². The SMILES string of the molecule is C[CH2][Ga][CH]1C(C)=C(C)C(C)=C1C. The van der Waals surface area contributed by atoms with E-state index < -0.39 is 0 Å². The minimum absolute atomic E-state index is 0.0263. The van der Waals surface area contributed by atoms with Crippen LogP contribution in [-0.4, -0.2) is 17.4 Å². The van der Waals surface area contributed by atoms with Gasteiger partial charge in [0.2, 0.25) is 0 Å². The van der Waals surface area contributed by atoms with E-state index in [2.05, 4.69) is 34.6 Å². The summed E-state index contributed by atoms with van der Waals surface area (Å²) in [5, 5.41) is 0. The molecule has 0 aromatic carbocycles. The fourth-order valence-electron chi connectivity index (χ4n) is 1.97. The zero-order valence-corrected chi connectivity index (χ0v) is 11.3. The first-order valence-corrected chi connectivity index (χ1v) is 7.89. The molecule has 0 nitrogen and oxygen atoms in total. The Morgan fingerprint density at radius 3 is 1.75 bits per heavy atom. The summed E-state index contributed by atoms with van der Waals surface area (Å²) in [5.41, 5.74) is 6.49. The molecule has 1 heteroatoms. The van der Waals surface area contributed by atoms with Crippen LogP contribution in [0.3, 0.4) is 0 Å². The standard InChI is InChI=1S/C9H13.C2H5.Ga/c1-6-5-7(2)9(4)8(6)3;1-2;/h5H,1-4H3;1H2,2H3;. The Kier molecular flexibility index (Phi) is 3.30. The second kappa shape index (κ2) is 3.88. The van der Waals surface area contributed by atoms with Crippen molar-refractivity contribution < 1.29 is 0 Å². The Bertz CT molecular complexity index is 222. The molecule has 1 rings (SSSR count). The second-order valence-electron chi connectivity index (χ2n) is 3.74. The van der Waals surface area contributed by atoms with Crippen molar-refractivity contribution in [1.29, 1.82) is 0 Å². The molecule has 0 heterocycles. The van der Waals surface area contributed by atoms with Crippen LogP contribution in [0.25, 0.3) is 0 Å². The van der Waals surface area contributed by atoms with Gasteiger partial charge in [-0.1, -0.05) is 0 Å². The summed E-state index contributed by atoms with van der Waals surface area (Å²) in [6, 6.07) is 0. The van der Waals surface area contributed by atoms with Gasteiger partial charge in [-0.3, -0.25) is 0 Å². The van der Waals surface area contributed by atoms with Crippen molar-refractivity contribution in [2.75, 3.05) is 0 Å². The van der Waals surface area contributed by atoms with Gasteiger partial charge in [0.1, 0.15) is 0 Å². The van der Waals surface area contributed by atoms with Gasteiger partial charge in [0.15, 0.2) is 0 Å². The average Bonchev–Trinajstić information content (AvgIpc) is 2.23. The van der Waals surface area contributed by atoms with E-state index in [-0.39, 0.29) is 17.4 Å². The topological polar surface area (TPSA) is 0 Å². The van der Waals surface area contributed by atoms with Crippen LogP contribution in [0.5, 0.6) is 0 Å². The third kappa shape index (κ3) is 1.57. The number of rotatable bonds is 2. The minimum atomic E-state index is -0.0263. The van der Waals surface area contributed by atoms with Gasteiger partial charge >= 0.3 is 83.8 Å². The first-order valence-electron chi connectivity index (χ1n) is 4.78. The summed E-state index contributed by atoms with van der Waals surface area (Å²) in [6.45, 7) is 11.5. The van der Waals surface area contributed by atoms with E-state index in [9.17, 15) is 0 Å². The predicted molar refractivity (Wildman–Crippen MR) is 56.7 cm³/mol. The van der Waals surface area contributed by atoms with Crippen molar-refractivity contribution in [1.82, 2.24) is 0 Å². The fraction of sp³-hybridized carbons (Fsp3) is 0.636. The Labute approximate surface area is 83.9 Å². The molecule has 0 N–H and O–H groups in total. The summed E-state index contributed by atoms with van der Waals surface area (Å²) in [6.07, 6.45) is 0. The maximum atomic E-state index is 2.34. The van der Waals surface area contributed by atoms with Crippen molar-refractivity contribution in [2.24, 2.45) is 0 Å². The van der Waals surface area contributed by atoms with Crippen LogP contribution in [0, 0.1) is 0 Å². The summed E-state index contributed by atoms with van der Waals surface area (Å²) in [5.74, 6) is 0. The molecule has 65 valence electrons. The molecule has 0 bridgehead atoms. The number of hydrogen-bond donors (Lipinski definition) is 0. The summed E-state index contributed by atoms with van der Waals surface area (Å²) in [4.78, 5) is 1.45. The molecule has 0 fully saturated rings. The molecule has 0 saturated heterocycles. The summed E-state index contributed by atoms with van der Waals surface area (Å²) < 4.78 is 0.916. The molecule has 0 aromatic rings. The quantitative estimate of drug-likeness (QED) is 0.623. The van der Waals surface area contributed by atoms with Gasteiger partial charge in [0.25, 0.3) is 0 Å². The Balaban J connectivity index is 2.91. The van der Waals surface area contributed by atoms with E-state index in [4.69, 9.17) is 0 Å². The molecule has 0 atom stereocenters. The van der Waals surface area contributed by atoms with Crippen LogP contribution in [0.4, 0.5) is 0 Å². The van der Waals surface area contributed by atoms with Crippen molar-refractivity contribution in [2.45, 2.75) is 44.1 Å². The van der Waals surface area contributed by atoms with Gasteiger partial charge in [-0.05, 0) is 0 Å². The molecular weight excluding hydrogens is 202 g/mol. The first-order chi connectivity index (χ1) is 5.59. The predicted octanol–water partition coefficient (Wildman–Crippen LogP) is 3.60. The normalized spacial score (nSPS) is 19.4. The van der Waals surface area contributed by atoms with Gasteiger partial charge in [-0.25, -0.2) is 0 Å². The average molecular weight is 220 g/mol. The third-order valence-corrected chi connectivity index (χ3v) is 7.23. The molecule has 1 aliphatic carbocycles. The van der Waals surface area contributed by atoms with E-state index in [1.807, 2.05) is 0 Å². The molecule has 0 aliphatic heterocycles. The van der Waals surface area contributed by atoms with E-state index in [1.165, 1.54) is 4.98 Å². The maximum absolute atomic E-state index is 2.34. The molecule has 1 aliphatic rings. The molecule has 12 heavy (non-hydrogen) atoms. The Morgan fingerprint density at radius 1 is 1.00 bits per heavy atom. The van der Waals surface area contributed by atoms with Crippen LogP contribution in [0.2, 0.25) is 9.45 Å². The van der Waals surface area contributed by atoms with E-state index in [0.717, 1.165) is 4.47 Å². The first kappa shape index (κ1) is 10.2. The van der Waals surface area contributed by atoms with Gasteiger partial charge in [-0.2, -0.15) is 0 Å². The van der Waals surface area contributed by atoms with Crippen molar-refractivity contribution in [3.8, 4) is 0 Å². The van der Waals surface area contributed by atoms with Gasteiger partial charge < -0.3 is 0 Å². The van der Waals surface area contributed by atoms with Crippen LogP contribution >= 0.6 is 0 Å². The number of hydrogen-bond acceptors (Lipinski definition) is 0. The van der Waals surface area contributed by atoms with Crippen LogP contribution in [0.15, 0.2) is 22.3 Å². The van der Waals surface area contributed by atoms with Crippen LogP contribution in [-0.2, 0) is 0 Å². The summed E-state index contributed by atoms with van der Waals surface area (Å²) in [7, 11) is 0. The van der Waals surface area contributed by atoms with Gasteiger partial charge in [-0.15, -0.1) is 0 Å². The molecule has 0 amide bonds. The van der Waals surface area contributed by atoms with Gasteiger partial charge in [0, 0.05) is 0 Å². The Morgan fingerprint density at radius 2 is 1.42 bits per heavy atom. The summed E-state index contributed by atoms with van der Waals surface area (Å²) >= 11 is -0.0263. The zero-order chi connectivity index (χ0) is 9.30. The van der Waals surface area contributed by atoms with Crippen molar-refractivity contribution in [3.05, 3.63) is 22.3 Å². The fourth-order valence-corrected chi connectivity index (χ4v) is 5.49. The molecule has 0 unspecified atom stereocenters. The Hall–Kier alpha value is 0.116. The van der Waals surface area contributed by atoms with E-state index in [0.29, 0.717) is 0 Å². The van der Waals surface area contributed by atoms with Crippen LogP contribution < -0.4 is 0 Å². The monoisotopic (exact) mass is 219 g/mol. The molecular formula is C11H18Ga. The molecule has 1 radical (unpaired) electrons. The molecule has 0 aromatic heterocycles. The van der Waals surface area contributed by atoms with Gasteiger partial charge in [0.05, 0.1) is 0 Å². The van der Waals surface area contributed by atoms with Crippen LogP contribution in [0.1, 0.15) is 34.6 Å². The van der Waals surface area contributed by atoms with Crippen molar-refractivity contribution >= 4 is 17.4 Å². The zero-order valence-electron chi connectivity index (χ0n) is 8.86. The molecule has 0 saturated carbocycles. The second-order valence-corrected chi connectivity index (χ2v) is 7.84. The van der Waals surface area contributed by atoms with Crippen molar-refractivity contribution in [3.63, 3.8) is 0 Å². The third-order valence-electron chi connectivity index (χ3n) is 3.15.